The molecule has 2 amide bonds. The molecule has 0 radical (unpaired) electrons. The number of carbonyl (C=O) groups is 2. The van der Waals surface area contributed by atoms with Crippen molar-refractivity contribution in [3.63, 3.8) is 0 Å². The van der Waals surface area contributed by atoms with E-state index in [1.54, 1.807) is 9.80 Å². The second-order valence-electron chi connectivity index (χ2n) is 7.11. The quantitative estimate of drug-likeness (QED) is 0.781. The maximum atomic E-state index is 12.5. The summed E-state index contributed by atoms with van der Waals surface area (Å²) in [6, 6.07) is 10.3. The monoisotopic (exact) mass is 355 g/mol. The molecule has 2 fully saturated rings. The molecule has 140 valence electrons. The maximum absolute atomic E-state index is 12.5. The highest BCUT2D eigenvalue weighted by Crippen LogP contribution is 2.11. The van der Waals surface area contributed by atoms with Gasteiger partial charge in [-0.3, -0.25) is 14.5 Å². The lowest BCUT2D eigenvalue weighted by Gasteiger charge is -2.34. The zero-order chi connectivity index (χ0) is 18.2. The molecule has 26 heavy (non-hydrogen) atoms. The lowest BCUT2D eigenvalue weighted by Crippen LogP contribution is -2.53. The molecule has 1 aromatic rings. The minimum absolute atomic E-state index is 0.302. The molecule has 5 heteroatoms. The van der Waals surface area contributed by atoms with Gasteiger partial charge in [-0.05, 0) is 18.4 Å². The Morgan fingerprint density at radius 1 is 0.769 bits per heavy atom. The van der Waals surface area contributed by atoms with Crippen LogP contribution >= 0.6 is 0 Å². The molecular weight excluding hydrogens is 326 g/mol. The van der Waals surface area contributed by atoms with Crippen LogP contribution in [0.2, 0.25) is 0 Å². The number of carbonyl (C=O) groups excluding carboxylic acids is 2. The summed E-state index contributed by atoms with van der Waals surface area (Å²) in [6.45, 7) is 5.24. The fourth-order valence-electron chi connectivity index (χ4n) is 3.58. The largest absolute Gasteiger partial charge is 0.334 e. The second kappa shape index (κ2) is 9.53. The van der Waals surface area contributed by atoms with E-state index < -0.39 is 0 Å². The summed E-state index contributed by atoms with van der Waals surface area (Å²) in [6.07, 6.45) is 8.64. The van der Waals surface area contributed by atoms with Crippen LogP contribution in [0.5, 0.6) is 0 Å². The van der Waals surface area contributed by atoms with Crippen LogP contribution in [0.15, 0.2) is 36.4 Å². The number of benzene rings is 1. The molecule has 0 N–H and O–H groups in total. The van der Waals surface area contributed by atoms with Crippen LogP contribution in [0, 0.1) is 0 Å². The van der Waals surface area contributed by atoms with Crippen LogP contribution in [0.1, 0.15) is 31.2 Å². The number of hydrogen-bond acceptors (Lipinski definition) is 3. The van der Waals surface area contributed by atoms with E-state index in [4.69, 9.17) is 0 Å². The van der Waals surface area contributed by atoms with Crippen molar-refractivity contribution in [2.45, 2.75) is 25.7 Å². The second-order valence-corrected chi connectivity index (χ2v) is 7.11. The van der Waals surface area contributed by atoms with E-state index in [9.17, 15) is 9.59 Å². The van der Waals surface area contributed by atoms with Gasteiger partial charge >= 0.3 is 11.8 Å². The summed E-state index contributed by atoms with van der Waals surface area (Å²) in [7, 11) is 0. The Morgan fingerprint density at radius 2 is 1.35 bits per heavy atom. The fourth-order valence-corrected chi connectivity index (χ4v) is 3.58. The van der Waals surface area contributed by atoms with Gasteiger partial charge in [-0.1, -0.05) is 55.3 Å². The molecule has 2 aliphatic heterocycles. The Balaban J connectivity index is 1.43. The van der Waals surface area contributed by atoms with Crippen LogP contribution in [0.3, 0.4) is 0 Å². The third kappa shape index (κ3) is 5.18. The average molecular weight is 355 g/mol. The van der Waals surface area contributed by atoms with Gasteiger partial charge in [-0.2, -0.15) is 0 Å². The highest BCUT2D eigenvalue weighted by molar-refractivity contribution is 6.34. The first-order valence-electron chi connectivity index (χ1n) is 9.76. The highest BCUT2D eigenvalue weighted by Gasteiger charge is 2.29. The van der Waals surface area contributed by atoms with Crippen molar-refractivity contribution in [2.24, 2.45) is 0 Å². The normalized spacial score (nSPS) is 19.5. The fraction of sp³-hybridized carbons (Fsp3) is 0.524. The van der Waals surface area contributed by atoms with Gasteiger partial charge in [-0.25, -0.2) is 0 Å². The molecular formula is C21H29N3O2. The maximum Gasteiger partial charge on any atom is 0.312 e. The molecule has 0 spiro atoms. The molecule has 0 bridgehead atoms. The van der Waals surface area contributed by atoms with E-state index in [0.717, 1.165) is 58.4 Å². The third-order valence-corrected chi connectivity index (χ3v) is 5.21. The summed E-state index contributed by atoms with van der Waals surface area (Å²) in [5.41, 5.74) is 1.20. The van der Waals surface area contributed by atoms with Crippen LogP contribution in [-0.4, -0.2) is 72.3 Å². The minimum Gasteiger partial charge on any atom is -0.334 e. The Hall–Kier alpha value is -2.14. The Labute approximate surface area is 156 Å². The first-order valence-corrected chi connectivity index (χ1v) is 9.76. The van der Waals surface area contributed by atoms with E-state index in [2.05, 4.69) is 29.2 Å². The van der Waals surface area contributed by atoms with E-state index in [1.165, 1.54) is 5.56 Å². The van der Waals surface area contributed by atoms with Crippen molar-refractivity contribution in [1.82, 2.24) is 14.7 Å². The molecule has 2 aliphatic rings. The highest BCUT2D eigenvalue weighted by atomic mass is 16.2. The first-order chi connectivity index (χ1) is 12.7. The lowest BCUT2D eigenvalue weighted by molar-refractivity contribution is -0.152. The van der Waals surface area contributed by atoms with Gasteiger partial charge in [0.15, 0.2) is 0 Å². The van der Waals surface area contributed by atoms with Gasteiger partial charge in [0.2, 0.25) is 0 Å². The van der Waals surface area contributed by atoms with Gasteiger partial charge < -0.3 is 9.80 Å². The van der Waals surface area contributed by atoms with Gasteiger partial charge in [-0.15, -0.1) is 0 Å². The lowest BCUT2D eigenvalue weighted by atomic mass is 10.2. The van der Waals surface area contributed by atoms with Crippen molar-refractivity contribution in [3.05, 3.63) is 42.0 Å². The number of hydrogen-bond donors (Lipinski definition) is 0. The zero-order valence-electron chi connectivity index (χ0n) is 15.5. The number of rotatable bonds is 3. The number of nitrogens with zero attached hydrogens (tertiary/aromatic N) is 3. The van der Waals surface area contributed by atoms with Crippen molar-refractivity contribution < 1.29 is 9.59 Å². The molecule has 0 unspecified atom stereocenters. The molecule has 3 rings (SSSR count). The van der Waals surface area contributed by atoms with E-state index >= 15 is 0 Å². The molecule has 0 atom stereocenters. The molecule has 0 saturated carbocycles. The van der Waals surface area contributed by atoms with E-state index in [0.29, 0.717) is 13.1 Å². The van der Waals surface area contributed by atoms with Gasteiger partial charge in [0.05, 0.1) is 0 Å². The van der Waals surface area contributed by atoms with Crippen LogP contribution in [0.25, 0.3) is 6.08 Å². The summed E-state index contributed by atoms with van der Waals surface area (Å²) in [4.78, 5) is 30.8. The Bertz CT molecular complexity index is 613. The number of likely N-dealkylation sites (tertiary alicyclic amines) is 1. The van der Waals surface area contributed by atoms with Gasteiger partial charge in [0.25, 0.3) is 0 Å². The standard InChI is InChI=1S/C21H29N3O2/c25-20(23-13-6-1-2-7-14-23)21(26)24-17-15-22(16-18-24)12-8-11-19-9-4-3-5-10-19/h3-5,8-11H,1-2,6-7,12-18H2/b11-8+. The van der Waals surface area contributed by atoms with Gasteiger partial charge in [0.1, 0.15) is 0 Å². The van der Waals surface area contributed by atoms with Crippen LogP contribution in [0.4, 0.5) is 0 Å². The molecule has 0 aromatic heterocycles. The average Bonchev–Trinajstić information content (AvgIpc) is 2.98. The molecule has 2 heterocycles. The summed E-state index contributed by atoms with van der Waals surface area (Å²) in [5, 5.41) is 0. The Morgan fingerprint density at radius 3 is 1.96 bits per heavy atom. The molecule has 2 saturated heterocycles. The van der Waals surface area contributed by atoms with Crippen molar-refractivity contribution in [2.75, 3.05) is 45.8 Å². The van der Waals surface area contributed by atoms with Crippen LogP contribution in [-0.2, 0) is 9.59 Å². The van der Waals surface area contributed by atoms with Crippen molar-refractivity contribution in [3.8, 4) is 0 Å². The third-order valence-electron chi connectivity index (χ3n) is 5.21. The zero-order valence-corrected chi connectivity index (χ0v) is 15.5. The summed E-state index contributed by atoms with van der Waals surface area (Å²) < 4.78 is 0. The van der Waals surface area contributed by atoms with E-state index in [-0.39, 0.29) is 11.8 Å². The number of piperazine rings is 1. The topological polar surface area (TPSA) is 43.9 Å². The number of amides is 2. The predicted molar refractivity (Wildman–Crippen MR) is 104 cm³/mol. The smallest absolute Gasteiger partial charge is 0.312 e. The van der Waals surface area contributed by atoms with Crippen molar-refractivity contribution >= 4 is 17.9 Å². The first kappa shape index (κ1) is 18.6. The summed E-state index contributed by atoms with van der Waals surface area (Å²) >= 11 is 0. The SMILES string of the molecule is O=C(C(=O)N1CCN(C/C=C/c2ccccc2)CC1)N1CCCCCC1. The minimum atomic E-state index is -0.314. The molecule has 0 aliphatic carbocycles. The summed E-state index contributed by atoms with van der Waals surface area (Å²) in [5.74, 6) is -0.615. The van der Waals surface area contributed by atoms with E-state index in [1.807, 2.05) is 18.2 Å². The van der Waals surface area contributed by atoms with Crippen molar-refractivity contribution in [1.29, 1.82) is 0 Å². The molecule has 1 aromatic carbocycles. The van der Waals surface area contributed by atoms with Gasteiger partial charge in [0, 0.05) is 45.8 Å². The molecule has 5 nitrogen and oxygen atoms in total. The van der Waals surface area contributed by atoms with Crippen LogP contribution < -0.4 is 0 Å². The Kier molecular flexibility index (Phi) is 6.83. The predicted octanol–water partition coefficient (Wildman–Crippen LogP) is 2.25.